The Kier molecular flexibility index (Phi) is 5.33. The monoisotopic (exact) mass is 388 g/mol. The van der Waals surface area contributed by atoms with Crippen LogP contribution in [0.25, 0.3) is 11.1 Å². The molecule has 1 heterocycles. The van der Waals surface area contributed by atoms with Crippen molar-refractivity contribution in [3.05, 3.63) is 77.4 Å². The van der Waals surface area contributed by atoms with E-state index >= 15 is 0 Å². The molecule has 0 aliphatic carbocycles. The summed E-state index contributed by atoms with van der Waals surface area (Å²) in [4.78, 5) is 14.3. The molecule has 0 radical (unpaired) electrons. The van der Waals surface area contributed by atoms with E-state index in [2.05, 4.69) is 15.6 Å². The topological polar surface area (TPSA) is 104 Å². The zero-order valence-electron chi connectivity index (χ0n) is 14.4. The fourth-order valence-electron chi connectivity index (χ4n) is 2.54. The van der Waals surface area contributed by atoms with Gasteiger partial charge in [-0.25, -0.2) is 12.8 Å². The predicted molar refractivity (Wildman–Crippen MR) is 98.4 cm³/mol. The molecule has 140 valence electrons. The number of carbonyl (C=O) groups is 1. The van der Waals surface area contributed by atoms with E-state index in [0.29, 0.717) is 11.1 Å². The highest BCUT2D eigenvalue weighted by Crippen LogP contribution is 2.24. The van der Waals surface area contributed by atoms with Gasteiger partial charge in [-0.15, -0.1) is 4.83 Å². The first kappa shape index (κ1) is 18.7. The molecule has 27 heavy (non-hydrogen) atoms. The molecule has 0 spiro atoms. The average molecular weight is 388 g/mol. The Labute approximate surface area is 155 Å². The van der Waals surface area contributed by atoms with Crippen molar-refractivity contribution in [1.82, 2.24) is 20.5 Å². The summed E-state index contributed by atoms with van der Waals surface area (Å²) in [5.74, 6) is -1.97. The van der Waals surface area contributed by atoms with E-state index in [1.54, 1.807) is 13.0 Å². The first-order valence-electron chi connectivity index (χ1n) is 7.99. The molecule has 2 aromatic carbocycles. The van der Waals surface area contributed by atoms with Gasteiger partial charge < -0.3 is 0 Å². The van der Waals surface area contributed by atoms with Crippen molar-refractivity contribution >= 4 is 15.9 Å². The third kappa shape index (κ3) is 4.57. The maximum atomic E-state index is 14.4. The molecule has 3 aromatic rings. The summed E-state index contributed by atoms with van der Waals surface area (Å²) in [7, 11) is -3.86. The molecule has 0 saturated heterocycles. The summed E-state index contributed by atoms with van der Waals surface area (Å²) in [6, 6.07) is 12.2. The largest absolute Gasteiger partial charge is 0.285 e. The number of aromatic amines is 1. The lowest BCUT2D eigenvalue weighted by atomic mass is 9.99. The second-order valence-electron chi connectivity index (χ2n) is 5.94. The Bertz CT molecular complexity index is 1050. The molecule has 0 atom stereocenters. The van der Waals surface area contributed by atoms with Crippen LogP contribution in [0.1, 0.15) is 21.5 Å². The SMILES string of the molecule is Cc1cc(-c2ccccc2)cc(C(=O)NNS(=O)(=O)Cc2cn[nH]c2)c1F. The lowest BCUT2D eigenvalue weighted by Crippen LogP contribution is -2.42. The smallest absolute Gasteiger partial charge is 0.269 e. The molecular formula is C18H17FN4O3S. The molecular weight excluding hydrogens is 371 g/mol. The molecule has 3 N–H and O–H groups in total. The molecule has 0 aliphatic heterocycles. The zero-order valence-corrected chi connectivity index (χ0v) is 15.2. The number of aromatic nitrogens is 2. The molecule has 9 heteroatoms. The quantitative estimate of drug-likeness (QED) is 0.564. The van der Waals surface area contributed by atoms with Crippen LogP contribution in [-0.4, -0.2) is 24.5 Å². The van der Waals surface area contributed by atoms with Crippen molar-refractivity contribution in [3.8, 4) is 11.1 Å². The predicted octanol–water partition coefficient (Wildman–Crippen LogP) is 2.29. The number of aryl methyl sites for hydroxylation is 1. The Morgan fingerprint density at radius 2 is 1.93 bits per heavy atom. The molecule has 1 amide bonds. The van der Waals surface area contributed by atoms with Gasteiger partial charge in [-0.05, 0) is 35.7 Å². The highest BCUT2D eigenvalue weighted by molar-refractivity contribution is 7.88. The second kappa shape index (κ2) is 7.68. The van der Waals surface area contributed by atoms with Gasteiger partial charge in [0.05, 0.1) is 17.5 Å². The van der Waals surface area contributed by atoms with Gasteiger partial charge in [0, 0.05) is 11.8 Å². The van der Waals surface area contributed by atoms with Crippen LogP contribution >= 0.6 is 0 Å². The molecule has 0 fully saturated rings. The summed E-state index contributed by atoms with van der Waals surface area (Å²) in [5, 5.41) is 6.15. The number of amides is 1. The van der Waals surface area contributed by atoms with E-state index in [0.717, 1.165) is 5.56 Å². The van der Waals surface area contributed by atoms with Crippen LogP contribution in [0.4, 0.5) is 4.39 Å². The van der Waals surface area contributed by atoms with Gasteiger partial charge in [0.2, 0.25) is 10.0 Å². The molecule has 0 saturated carbocycles. The first-order chi connectivity index (χ1) is 12.9. The highest BCUT2D eigenvalue weighted by Gasteiger charge is 2.19. The van der Waals surface area contributed by atoms with Crippen LogP contribution in [-0.2, 0) is 15.8 Å². The summed E-state index contributed by atoms with van der Waals surface area (Å²) in [6.45, 7) is 1.54. The van der Waals surface area contributed by atoms with Gasteiger partial charge in [0.25, 0.3) is 5.91 Å². The minimum atomic E-state index is -3.86. The standard InChI is InChI=1S/C18H17FN4O3S/c1-12-7-15(14-5-3-2-4-6-14)8-16(17(12)19)18(24)22-23-27(25,26)11-13-9-20-21-10-13/h2-10,23H,11H2,1H3,(H,20,21)(H,22,24). The minimum absolute atomic E-state index is 0.250. The van der Waals surface area contributed by atoms with Crippen molar-refractivity contribution in [2.75, 3.05) is 0 Å². The molecule has 0 aliphatic rings. The fraction of sp³-hybridized carbons (Fsp3) is 0.111. The third-order valence-corrected chi connectivity index (χ3v) is 4.96. The van der Waals surface area contributed by atoms with Crippen LogP contribution < -0.4 is 10.3 Å². The molecule has 0 unspecified atom stereocenters. The van der Waals surface area contributed by atoms with Crippen molar-refractivity contribution < 1.29 is 17.6 Å². The lowest BCUT2D eigenvalue weighted by Gasteiger charge is -2.11. The number of rotatable bonds is 6. The Balaban J connectivity index is 1.79. The molecule has 7 nitrogen and oxygen atoms in total. The number of carbonyl (C=O) groups excluding carboxylic acids is 1. The number of hydrazine groups is 1. The van der Waals surface area contributed by atoms with E-state index in [9.17, 15) is 17.6 Å². The Hall–Kier alpha value is -3.04. The molecule has 1 aromatic heterocycles. The maximum absolute atomic E-state index is 14.4. The van der Waals surface area contributed by atoms with Crippen molar-refractivity contribution in [1.29, 1.82) is 0 Å². The number of halogens is 1. The minimum Gasteiger partial charge on any atom is -0.285 e. The van der Waals surface area contributed by atoms with E-state index in [4.69, 9.17) is 0 Å². The van der Waals surface area contributed by atoms with Gasteiger partial charge in [-0.2, -0.15) is 5.10 Å². The fourth-order valence-corrected chi connectivity index (χ4v) is 3.45. The lowest BCUT2D eigenvalue weighted by molar-refractivity contribution is 0.0941. The number of nitrogens with one attached hydrogen (secondary N) is 3. The van der Waals surface area contributed by atoms with E-state index < -0.39 is 21.7 Å². The zero-order chi connectivity index (χ0) is 19.4. The molecule has 3 rings (SSSR count). The maximum Gasteiger partial charge on any atom is 0.269 e. The van der Waals surface area contributed by atoms with Gasteiger partial charge in [0.1, 0.15) is 5.82 Å². The molecule has 0 bridgehead atoms. The third-order valence-electron chi connectivity index (χ3n) is 3.84. The van der Waals surface area contributed by atoms with Crippen LogP contribution in [0.2, 0.25) is 0 Å². The highest BCUT2D eigenvalue weighted by atomic mass is 32.2. The van der Waals surface area contributed by atoms with Gasteiger partial charge in [-0.3, -0.25) is 15.3 Å². The van der Waals surface area contributed by atoms with Crippen LogP contribution in [0.15, 0.2) is 54.9 Å². The van der Waals surface area contributed by atoms with Gasteiger partial charge in [-0.1, -0.05) is 30.3 Å². The van der Waals surface area contributed by atoms with Gasteiger partial charge >= 0.3 is 0 Å². The van der Waals surface area contributed by atoms with E-state index in [1.165, 1.54) is 18.5 Å². The van der Waals surface area contributed by atoms with Gasteiger partial charge in [0.15, 0.2) is 0 Å². The average Bonchev–Trinajstić information content (AvgIpc) is 3.15. The second-order valence-corrected chi connectivity index (χ2v) is 7.66. The Morgan fingerprint density at radius 1 is 1.19 bits per heavy atom. The van der Waals surface area contributed by atoms with E-state index in [-0.39, 0.29) is 16.9 Å². The summed E-state index contributed by atoms with van der Waals surface area (Å²) in [5.41, 5.74) is 3.97. The van der Waals surface area contributed by atoms with E-state index in [1.807, 2.05) is 35.2 Å². The summed E-state index contributed by atoms with van der Waals surface area (Å²) in [6.07, 6.45) is 2.78. The van der Waals surface area contributed by atoms with Crippen molar-refractivity contribution in [2.24, 2.45) is 0 Å². The summed E-state index contributed by atoms with van der Waals surface area (Å²) >= 11 is 0. The van der Waals surface area contributed by atoms with Crippen molar-refractivity contribution in [3.63, 3.8) is 0 Å². The number of nitrogens with zero attached hydrogens (tertiary/aromatic N) is 1. The number of benzene rings is 2. The van der Waals surface area contributed by atoms with Crippen LogP contribution in [0, 0.1) is 12.7 Å². The van der Waals surface area contributed by atoms with Crippen molar-refractivity contribution in [2.45, 2.75) is 12.7 Å². The first-order valence-corrected chi connectivity index (χ1v) is 9.64. The number of sulfonamides is 1. The number of H-pyrrole nitrogens is 1. The summed E-state index contributed by atoms with van der Waals surface area (Å²) < 4.78 is 38.4. The van der Waals surface area contributed by atoms with Crippen LogP contribution in [0.5, 0.6) is 0 Å². The number of hydrogen-bond donors (Lipinski definition) is 3. The number of hydrogen-bond acceptors (Lipinski definition) is 4. The normalized spacial score (nSPS) is 11.3. The Morgan fingerprint density at radius 3 is 2.59 bits per heavy atom. The van der Waals surface area contributed by atoms with Crippen LogP contribution in [0.3, 0.4) is 0 Å².